The van der Waals surface area contributed by atoms with Crippen molar-refractivity contribution in [3.63, 3.8) is 0 Å². The summed E-state index contributed by atoms with van der Waals surface area (Å²) in [5.74, 6) is 1.63. The fourth-order valence-corrected chi connectivity index (χ4v) is 3.72. The highest BCUT2D eigenvalue weighted by Gasteiger charge is 2.25. The number of carbonyl (C=O) groups is 1. The van der Waals surface area contributed by atoms with Gasteiger partial charge in [-0.1, -0.05) is 0 Å². The Labute approximate surface area is 165 Å². The van der Waals surface area contributed by atoms with Crippen LogP contribution in [0.4, 0.5) is 0 Å². The van der Waals surface area contributed by atoms with E-state index < -0.39 is 0 Å². The molecule has 2 N–H and O–H groups in total. The molecule has 0 spiro atoms. The Bertz CT molecular complexity index is 835. The van der Waals surface area contributed by atoms with E-state index in [0.717, 1.165) is 24.9 Å². The molecule has 0 bridgehead atoms. The predicted octanol–water partition coefficient (Wildman–Crippen LogP) is 1.72. The van der Waals surface area contributed by atoms with Crippen molar-refractivity contribution in [3.05, 3.63) is 17.8 Å². The summed E-state index contributed by atoms with van der Waals surface area (Å²) < 4.78 is 16.4. The van der Waals surface area contributed by atoms with E-state index >= 15 is 0 Å². The number of aliphatic hydroxyl groups excluding tert-OH is 1. The Morgan fingerprint density at radius 3 is 2.50 bits per heavy atom. The minimum atomic E-state index is -0.0576. The zero-order chi connectivity index (χ0) is 20.3. The van der Waals surface area contributed by atoms with Gasteiger partial charge in [0.25, 0.3) is 5.91 Å². The average molecular weight is 391 g/mol. The smallest absolute Gasteiger partial charge is 0.270 e. The van der Waals surface area contributed by atoms with Crippen molar-refractivity contribution in [1.82, 2.24) is 14.8 Å². The molecule has 0 saturated carbocycles. The Morgan fingerprint density at radius 1 is 1.11 bits per heavy atom. The minimum Gasteiger partial charge on any atom is -0.496 e. The monoisotopic (exact) mass is 391 g/mol. The Balaban J connectivity index is 1.90. The number of aliphatic hydroxyl groups is 1. The normalized spacial score (nSPS) is 16.7. The maximum absolute atomic E-state index is 13.1. The van der Waals surface area contributed by atoms with Crippen molar-refractivity contribution in [2.24, 2.45) is 0 Å². The highest BCUT2D eigenvalue weighted by atomic mass is 16.5. The average Bonchev–Trinajstić information content (AvgIpc) is 3.02. The van der Waals surface area contributed by atoms with E-state index in [4.69, 9.17) is 14.2 Å². The first-order chi connectivity index (χ1) is 13.5. The SMILES string of the molecule is COc1cc(OC)c2cc(C(=O)N3CCCN(C(C)CO)CC3)[nH]c2c1OC. The summed E-state index contributed by atoms with van der Waals surface area (Å²) in [4.78, 5) is 20.4. The number of aromatic amines is 1. The Morgan fingerprint density at radius 2 is 1.86 bits per heavy atom. The number of nitrogens with one attached hydrogen (secondary N) is 1. The molecule has 2 aromatic rings. The number of H-pyrrole nitrogens is 1. The minimum absolute atomic E-state index is 0.0576. The van der Waals surface area contributed by atoms with E-state index in [1.54, 1.807) is 33.5 Å². The summed E-state index contributed by atoms with van der Waals surface area (Å²) >= 11 is 0. The number of aromatic nitrogens is 1. The highest BCUT2D eigenvalue weighted by Crippen LogP contribution is 2.41. The van der Waals surface area contributed by atoms with Crippen LogP contribution in [-0.2, 0) is 0 Å². The number of methoxy groups -OCH3 is 3. The van der Waals surface area contributed by atoms with Crippen LogP contribution >= 0.6 is 0 Å². The second-order valence-electron chi connectivity index (χ2n) is 7.00. The van der Waals surface area contributed by atoms with E-state index in [-0.39, 0.29) is 18.6 Å². The van der Waals surface area contributed by atoms with Crippen LogP contribution in [0, 0.1) is 0 Å². The number of benzene rings is 1. The number of hydrogen-bond acceptors (Lipinski definition) is 6. The molecule has 0 radical (unpaired) electrons. The zero-order valence-corrected chi connectivity index (χ0v) is 16.9. The first kappa shape index (κ1) is 20.3. The lowest BCUT2D eigenvalue weighted by molar-refractivity contribution is 0.0749. The fraction of sp³-hybridized carbons (Fsp3) is 0.550. The number of fused-ring (bicyclic) bond motifs is 1. The van der Waals surface area contributed by atoms with E-state index in [9.17, 15) is 9.90 Å². The molecular weight excluding hydrogens is 362 g/mol. The number of ether oxygens (including phenoxy) is 3. The van der Waals surface area contributed by atoms with Gasteiger partial charge in [0.1, 0.15) is 11.4 Å². The molecule has 154 valence electrons. The standard InChI is InChI=1S/C20H29N3O5/c1-13(12-24)22-6-5-7-23(9-8-22)20(25)15-10-14-16(26-2)11-17(27-3)19(28-4)18(14)21-15/h10-11,13,21,24H,5-9,12H2,1-4H3. The third-order valence-corrected chi connectivity index (χ3v) is 5.38. The molecule has 2 heterocycles. The second kappa shape index (κ2) is 8.70. The lowest BCUT2D eigenvalue weighted by Crippen LogP contribution is -2.39. The van der Waals surface area contributed by atoms with E-state index in [0.29, 0.717) is 41.5 Å². The molecule has 1 aromatic heterocycles. The molecule has 0 aliphatic carbocycles. The van der Waals surface area contributed by atoms with Crippen molar-refractivity contribution < 1.29 is 24.1 Å². The van der Waals surface area contributed by atoms with E-state index in [1.165, 1.54) is 0 Å². The lowest BCUT2D eigenvalue weighted by atomic mass is 10.2. The quantitative estimate of drug-likeness (QED) is 0.780. The van der Waals surface area contributed by atoms with Gasteiger partial charge in [-0.25, -0.2) is 0 Å². The van der Waals surface area contributed by atoms with Gasteiger partial charge in [0.05, 0.1) is 33.5 Å². The zero-order valence-electron chi connectivity index (χ0n) is 16.9. The van der Waals surface area contributed by atoms with Crippen molar-refractivity contribution in [2.45, 2.75) is 19.4 Å². The van der Waals surface area contributed by atoms with Gasteiger partial charge in [-0.3, -0.25) is 9.69 Å². The maximum Gasteiger partial charge on any atom is 0.270 e. The summed E-state index contributed by atoms with van der Waals surface area (Å²) in [5, 5.41) is 10.2. The molecule has 1 aliphatic rings. The van der Waals surface area contributed by atoms with Crippen LogP contribution in [0.25, 0.3) is 10.9 Å². The summed E-state index contributed by atoms with van der Waals surface area (Å²) in [5.41, 5.74) is 1.16. The van der Waals surface area contributed by atoms with Gasteiger partial charge < -0.3 is 29.2 Å². The first-order valence-electron chi connectivity index (χ1n) is 9.49. The Hall–Kier alpha value is -2.45. The molecule has 1 aliphatic heterocycles. The topological polar surface area (TPSA) is 87.3 Å². The van der Waals surface area contributed by atoms with Gasteiger partial charge >= 0.3 is 0 Å². The molecule has 1 aromatic carbocycles. The van der Waals surface area contributed by atoms with Crippen molar-refractivity contribution >= 4 is 16.8 Å². The van der Waals surface area contributed by atoms with Crippen LogP contribution in [-0.4, -0.2) is 86.0 Å². The van der Waals surface area contributed by atoms with E-state index in [1.807, 2.05) is 11.8 Å². The molecule has 1 atom stereocenters. The molecule has 3 rings (SSSR count). The molecule has 8 heteroatoms. The number of amides is 1. The van der Waals surface area contributed by atoms with Gasteiger partial charge in [-0.2, -0.15) is 0 Å². The molecule has 1 fully saturated rings. The molecule has 28 heavy (non-hydrogen) atoms. The van der Waals surface area contributed by atoms with Gasteiger partial charge in [-0.15, -0.1) is 0 Å². The molecule has 1 unspecified atom stereocenters. The summed E-state index contributed by atoms with van der Waals surface area (Å²) in [6.45, 7) is 5.04. The van der Waals surface area contributed by atoms with Crippen LogP contribution in [0.15, 0.2) is 12.1 Å². The fourth-order valence-electron chi connectivity index (χ4n) is 3.72. The van der Waals surface area contributed by atoms with Crippen molar-refractivity contribution in [1.29, 1.82) is 0 Å². The van der Waals surface area contributed by atoms with Crippen molar-refractivity contribution in [3.8, 4) is 17.2 Å². The van der Waals surface area contributed by atoms with Gasteiger partial charge in [0.15, 0.2) is 11.5 Å². The lowest BCUT2D eigenvalue weighted by Gasteiger charge is -2.26. The van der Waals surface area contributed by atoms with Crippen molar-refractivity contribution in [2.75, 3.05) is 54.1 Å². The van der Waals surface area contributed by atoms with Crippen LogP contribution in [0.1, 0.15) is 23.8 Å². The van der Waals surface area contributed by atoms with E-state index in [2.05, 4.69) is 9.88 Å². The number of hydrogen-bond donors (Lipinski definition) is 2. The molecule has 1 saturated heterocycles. The number of carbonyl (C=O) groups excluding carboxylic acids is 1. The predicted molar refractivity (Wildman–Crippen MR) is 107 cm³/mol. The van der Waals surface area contributed by atoms with Gasteiger partial charge in [0, 0.05) is 43.7 Å². The summed E-state index contributed by atoms with van der Waals surface area (Å²) in [6.07, 6.45) is 0.872. The van der Waals surface area contributed by atoms with Gasteiger partial charge in [0.2, 0.25) is 0 Å². The largest absolute Gasteiger partial charge is 0.496 e. The third-order valence-electron chi connectivity index (χ3n) is 5.38. The summed E-state index contributed by atoms with van der Waals surface area (Å²) in [6, 6.07) is 3.66. The number of nitrogens with zero attached hydrogens (tertiary/aromatic N) is 2. The Kier molecular flexibility index (Phi) is 6.31. The maximum atomic E-state index is 13.1. The molecule has 8 nitrogen and oxygen atoms in total. The van der Waals surface area contributed by atoms with Crippen LogP contribution in [0.2, 0.25) is 0 Å². The molecule has 1 amide bonds. The second-order valence-corrected chi connectivity index (χ2v) is 7.00. The van der Waals surface area contributed by atoms with Crippen LogP contribution < -0.4 is 14.2 Å². The third kappa shape index (κ3) is 3.74. The van der Waals surface area contributed by atoms with Crippen LogP contribution in [0.3, 0.4) is 0 Å². The number of rotatable bonds is 6. The molecular formula is C20H29N3O5. The van der Waals surface area contributed by atoms with Crippen LogP contribution in [0.5, 0.6) is 17.2 Å². The first-order valence-corrected chi connectivity index (χ1v) is 9.49. The highest BCUT2D eigenvalue weighted by molar-refractivity contribution is 6.02. The summed E-state index contributed by atoms with van der Waals surface area (Å²) in [7, 11) is 4.72. The van der Waals surface area contributed by atoms with Gasteiger partial charge in [-0.05, 0) is 19.4 Å².